The van der Waals surface area contributed by atoms with Crippen LogP contribution < -0.4 is 10.1 Å². The van der Waals surface area contributed by atoms with Crippen LogP contribution in [0, 0.1) is 6.92 Å². The highest BCUT2D eigenvalue weighted by Gasteiger charge is 2.04. The van der Waals surface area contributed by atoms with E-state index in [1.54, 1.807) is 19.2 Å². The summed E-state index contributed by atoms with van der Waals surface area (Å²) in [4.78, 5) is 11.0. The van der Waals surface area contributed by atoms with Crippen LogP contribution in [0.5, 0.6) is 5.75 Å². The third-order valence-corrected chi connectivity index (χ3v) is 1.95. The summed E-state index contributed by atoms with van der Waals surface area (Å²) < 4.78 is 9.63. The first-order valence-corrected chi connectivity index (χ1v) is 4.85. The Bertz CT molecular complexity index is 355. The number of benzene rings is 1. The topological polar surface area (TPSA) is 47.6 Å². The van der Waals surface area contributed by atoms with Crippen molar-refractivity contribution in [1.82, 2.24) is 0 Å². The summed E-state index contributed by atoms with van der Waals surface area (Å²) in [7, 11) is 1.57. The summed E-state index contributed by atoms with van der Waals surface area (Å²) in [6.07, 6.45) is -0.587. The van der Waals surface area contributed by atoms with E-state index in [-0.39, 0.29) is 6.07 Å². The number of anilines is 1. The van der Waals surface area contributed by atoms with Crippen molar-refractivity contribution >= 4 is 23.4 Å². The van der Waals surface area contributed by atoms with Crippen molar-refractivity contribution in [2.24, 2.45) is 0 Å². The number of ether oxygens (including phenoxy) is 2. The fraction of sp³-hybridized carbons (Fsp3) is 0.300. The lowest BCUT2D eigenvalue weighted by atomic mass is 10.2. The Kier molecular flexibility index (Phi) is 4.24. The van der Waals surface area contributed by atoms with Gasteiger partial charge in [-0.25, -0.2) is 4.79 Å². The number of carbonyl (C=O) groups is 1. The molecule has 0 radical (unpaired) electrons. The van der Waals surface area contributed by atoms with Crippen LogP contribution in [0.25, 0.3) is 0 Å². The monoisotopic (exact) mass is 229 g/mol. The number of alkyl halides is 1. The molecular weight excluding hydrogens is 218 g/mol. The number of carbonyl (C=O) groups excluding carboxylic acids is 1. The smallest absolute Gasteiger partial charge is 0.412 e. The number of amides is 1. The maximum absolute atomic E-state index is 11.0. The summed E-state index contributed by atoms with van der Waals surface area (Å²) in [5.41, 5.74) is 1.60. The van der Waals surface area contributed by atoms with E-state index in [9.17, 15) is 4.79 Å². The minimum absolute atomic E-state index is 0.172. The molecule has 0 heterocycles. The van der Waals surface area contributed by atoms with E-state index in [1.807, 2.05) is 13.0 Å². The van der Waals surface area contributed by atoms with Crippen molar-refractivity contribution in [3.63, 3.8) is 0 Å². The molecule has 0 aliphatic rings. The molecule has 0 saturated heterocycles. The van der Waals surface area contributed by atoms with Crippen LogP contribution in [0.3, 0.4) is 0 Å². The van der Waals surface area contributed by atoms with Gasteiger partial charge in [-0.2, -0.15) is 0 Å². The first-order valence-electron chi connectivity index (χ1n) is 4.31. The van der Waals surface area contributed by atoms with Crippen molar-refractivity contribution in [2.45, 2.75) is 6.92 Å². The van der Waals surface area contributed by atoms with E-state index in [4.69, 9.17) is 16.3 Å². The second-order valence-corrected chi connectivity index (χ2v) is 3.07. The predicted octanol–water partition coefficient (Wildman–Crippen LogP) is 2.75. The van der Waals surface area contributed by atoms with E-state index < -0.39 is 6.09 Å². The van der Waals surface area contributed by atoms with Crippen LogP contribution in [0.1, 0.15) is 5.56 Å². The Labute approximate surface area is 93.1 Å². The molecule has 82 valence electrons. The predicted molar refractivity (Wildman–Crippen MR) is 58.6 cm³/mol. The molecule has 0 atom stereocenters. The molecule has 1 aromatic rings. The van der Waals surface area contributed by atoms with Crippen LogP contribution in [-0.2, 0) is 4.74 Å². The number of aryl methyl sites for hydroxylation is 1. The van der Waals surface area contributed by atoms with Crippen molar-refractivity contribution in [2.75, 3.05) is 18.5 Å². The normalized spacial score (nSPS) is 9.53. The molecule has 0 aromatic heterocycles. The maximum atomic E-state index is 11.0. The summed E-state index contributed by atoms with van der Waals surface area (Å²) >= 11 is 5.24. The third-order valence-electron chi connectivity index (χ3n) is 1.84. The van der Waals surface area contributed by atoms with Gasteiger partial charge in [-0.3, -0.25) is 5.32 Å². The molecule has 0 saturated carbocycles. The second-order valence-electron chi connectivity index (χ2n) is 2.85. The van der Waals surface area contributed by atoms with Gasteiger partial charge in [-0.15, -0.1) is 0 Å². The van der Waals surface area contributed by atoms with Crippen LogP contribution in [0.15, 0.2) is 18.2 Å². The Hall–Kier alpha value is -1.42. The van der Waals surface area contributed by atoms with Crippen molar-refractivity contribution in [1.29, 1.82) is 0 Å². The molecule has 0 bridgehead atoms. The third kappa shape index (κ3) is 3.32. The van der Waals surface area contributed by atoms with Gasteiger partial charge in [0.15, 0.2) is 6.07 Å². The van der Waals surface area contributed by atoms with Crippen molar-refractivity contribution in [3.8, 4) is 5.75 Å². The summed E-state index contributed by atoms with van der Waals surface area (Å²) in [6.45, 7) is 1.92. The number of nitrogens with one attached hydrogen (secondary N) is 1. The van der Waals surface area contributed by atoms with Crippen molar-refractivity contribution < 1.29 is 14.3 Å². The highest BCUT2D eigenvalue weighted by molar-refractivity contribution is 6.17. The average Bonchev–Trinajstić information content (AvgIpc) is 2.21. The number of rotatable bonds is 3. The van der Waals surface area contributed by atoms with Gasteiger partial charge in [-0.05, 0) is 18.6 Å². The highest BCUT2D eigenvalue weighted by atomic mass is 35.5. The van der Waals surface area contributed by atoms with E-state index in [1.165, 1.54) is 0 Å². The highest BCUT2D eigenvalue weighted by Crippen LogP contribution is 2.22. The Balaban J connectivity index is 2.74. The van der Waals surface area contributed by atoms with Gasteiger partial charge in [-0.1, -0.05) is 17.7 Å². The van der Waals surface area contributed by atoms with Crippen molar-refractivity contribution in [3.05, 3.63) is 23.8 Å². The summed E-state index contributed by atoms with van der Waals surface area (Å²) in [5, 5.41) is 2.52. The molecule has 1 aromatic carbocycles. The molecule has 0 unspecified atom stereocenters. The van der Waals surface area contributed by atoms with Crippen LogP contribution in [-0.4, -0.2) is 19.3 Å². The fourth-order valence-corrected chi connectivity index (χ4v) is 1.20. The average molecular weight is 230 g/mol. The van der Waals surface area contributed by atoms with Gasteiger partial charge < -0.3 is 9.47 Å². The second kappa shape index (κ2) is 5.46. The molecule has 15 heavy (non-hydrogen) atoms. The molecule has 0 fully saturated rings. The van der Waals surface area contributed by atoms with Gasteiger partial charge in [0.1, 0.15) is 5.75 Å². The largest absolute Gasteiger partial charge is 0.496 e. The van der Waals surface area contributed by atoms with E-state index in [0.717, 1.165) is 5.56 Å². The lowest BCUT2D eigenvalue weighted by Crippen LogP contribution is -2.12. The number of hydrogen-bond donors (Lipinski definition) is 1. The standard InChI is InChI=1S/C10H12ClNO3/c1-7-3-4-8(5-9(7)14-2)12-10(13)15-6-11/h3-5H,6H2,1-2H3,(H,12,13). The minimum atomic E-state index is -0.587. The Morgan fingerprint density at radius 2 is 2.27 bits per heavy atom. The molecule has 0 aliphatic carbocycles. The minimum Gasteiger partial charge on any atom is -0.496 e. The number of hydrogen-bond acceptors (Lipinski definition) is 3. The zero-order valence-electron chi connectivity index (χ0n) is 8.54. The molecule has 0 spiro atoms. The fourth-order valence-electron chi connectivity index (χ4n) is 1.10. The molecule has 1 N–H and O–H groups in total. The Morgan fingerprint density at radius 3 is 2.87 bits per heavy atom. The van der Waals surface area contributed by atoms with Crippen LogP contribution in [0.4, 0.5) is 10.5 Å². The van der Waals surface area contributed by atoms with Gasteiger partial charge >= 0.3 is 6.09 Å². The van der Waals surface area contributed by atoms with Crippen LogP contribution in [0.2, 0.25) is 0 Å². The molecule has 0 aliphatic heterocycles. The van der Waals surface area contributed by atoms with Gasteiger partial charge in [0.25, 0.3) is 0 Å². The molecule has 5 heteroatoms. The molecule has 1 amide bonds. The zero-order valence-corrected chi connectivity index (χ0v) is 9.30. The quantitative estimate of drug-likeness (QED) is 0.811. The van der Waals surface area contributed by atoms with Gasteiger partial charge in [0.2, 0.25) is 0 Å². The molecule has 1 rings (SSSR count). The SMILES string of the molecule is COc1cc(NC(=O)OCCl)ccc1C. The first-order chi connectivity index (χ1) is 7.17. The van der Waals surface area contributed by atoms with Gasteiger partial charge in [0, 0.05) is 11.8 Å². The number of methoxy groups -OCH3 is 1. The number of halogens is 1. The molecule has 4 nitrogen and oxygen atoms in total. The van der Waals surface area contributed by atoms with E-state index in [0.29, 0.717) is 11.4 Å². The Morgan fingerprint density at radius 1 is 1.53 bits per heavy atom. The van der Waals surface area contributed by atoms with E-state index >= 15 is 0 Å². The van der Waals surface area contributed by atoms with Crippen LogP contribution >= 0.6 is 11.6 Å². The summed E-state index contributed by atoms with van der Waals surface area (Å²) in [5.74, 6) is 0.707. The maximum Gasteiger partial charge on any atom is 0.412 e. The molecular formula is C10H12ClNO3. The summed E-state index contributed by atoms with van der Waals surface area (Å²) in [6, 6.07) is 5.14. The van der Waals surface area contributed by atoms with E-state index in [2.05, 4.69) is 10.1 Å². The van der Waals surface area contributed by atoms with Gasteiger partial charge in [0.05, 0.1) is 7.11 Å². The lowest BCUT2D eigenvalue weighted by Gasteiger charge is -2.08. The zero-order chi connectivity index (χ0) is 11.3. The lowest BCUT2D eigenvalue weighted by molar-refractivity contribution is 0.180. The first kappa shape index (κ1) is 11.7.